The van der Waals surface area contributed by atoms with Gasteiger partial charge in [-0.05, 0) is 35.2 Å². The molecule has 3 rings (SSSR count). The maximum atomic E-state index is 5.94. The summed E-state index contributed by atoms with van der Waals surface area (Å²) in [5.74, 6) is 1.53. The van der Waals surface area contributed by atoms with E-state index in [1.165, 1.54) is 11.1 Å². The van der Waals surface area contributed by atoms with E-state index in [4.69, 9.17) is 9.47 Å². The molecule has 1 N–H and O–H groups in total. The maximum Gasteiger partial charge on any atom is 0.161 e. The molecule has 0 bridgehead atoms. The van der Waals surface area contributed by atoms with E-state index in [9.17, 15) is 0 Å². The van der Waals surface area contributed by atoms with E-state index in [2.05, 4.69) is 60.8 Å². The Labute approximate surface area is 162 Å². The molecule has 3 aromatic rings. The van der Waals surface area contributed by atoms with Gasteiger partial charge in [-0.1, -0.05) is 73.7 Å². The summed E-state index contributed by atoms with van der Waals surface area (Å²) in [6, 6.07) is 27.2. The molecule has 0 fully saturated rings. The molecule has 0 aromatic heterocycles. The lowest BCUT2D eigenvalue weighted by Gasteiger charge is -2.18. The Bertz CT molecular complexity index is 818. The Morgan fingerprint density at radius 3 is 2.19 bits per heavy atom. The van der Waals surface area contributed by atoms with Crippen molar-refractivity contribution in [3.8, 4) is 11.5 Å². The Morgan fingerprint density at radius 2 is 1.52 bits per heavy atom. The van der Waals surface area contributed by atoms with Crippen molar-refractivity contribution in [1.82, 2.24) is 5.32 Å². The Hall–Kier alpha value is -2.78. The summed E-state index contributed by atoms with van der Waals surface area (Å²) >= 11 is 0. The van der Waals surface area contributed by atoms with Crippen molar-refractivity contribution in [1.29, 1.82) is 0 Å². The van der Waals surface area contributed by atoms with Gasteiger partial charge in [0.05, 0.1) is 7.11 Å². The van der Waals surface area contributed by atoms with Crippen LogP contribution in [-0.2, 0) is 13.2 Å². The Kier molecular flexibility index (Phi) is 6.89. The highest BCUT2D eigenvalue weighted by molar-refractivity contribution is 5.43. The van der Waals surface area contributed by atoms with Gasteiger partial charge in [0, 0.05) is 12.6 Å². The number of hydrogen-bond donors (Lipinski definition) is 1. The maximum absolute atomic E-state index is 5.94. The van der Waals surface area contributed by atoms with E-state index in [0.29, 0.717) is 12.6 Å². The van der Waals surface area contributed by atoms with Crippen LogP contribution in [0.3, 0.4) is 0 Å². The quantitative estimate of drug-likeness (QED) is 0.545. The van der Waals surface area contributed by atoms with Crippen molar-refractivity contribution in [2.75, 3.05) is 7.11 Å². The molecule has 0 aliphatic heterocycles. The average molecular weight is 361 g/mol. The Morgan fingerprint density at radius 1 is 0.815 bits per heavy atom. The van der Waals surface area contributed by atoms with Gasteiger partial charge in [0.15, 0.2) is 11.5 Å². The fraction of sp³-hybridized carbons (Fsp3) is 0.250. The second-order valence-corrected chi connectivity index (χ2v) is 6.51. The first-order chi connectivity index (χ1) is 13.3. The lowest BCUT2D eigenvalue weighted by Crippen LogP contribution is -2.20. The number of ether oxygens (including phenoxy) is 2. The molecule has 140 valence electrons. The molecule has 0 heterocycles. The van der Waals surface area contributed by atoms with E-state index < -0.39 is 0 Å². The molecule has 0 amide bonds. The highest BCUT2D eigenvalue weighted by Crippen LogP contribution is 2.29. The molecule has 0 aliphatic rings. The molecule has 1 atom stereocenters. The summed E-state index contributed by atoms with van der Waals surface area (Å²) < 4.78 is 11.5. The second kappa shape index (κ2) is 9.79. The van der Waals surface area contributed by atoms with Crippen LogP contribution < -0.4 is 14.8 Å². The van der Waals surface area contributed by atoms with Gasteiger partial charge in [-0.2, -0.15) is 0 Å². The van der Waals surface area contributed by atoms with Crippen molar-refractivity contribution >= 4 is 0 Å². The lowest BCUT2D eigenvalue weighted by molar-refractivity contribution is 0.284. The lowest BCUT2D eigenvalue weighted by atomic mass is 10.0. The number of hydrogen-bond acceptors (Lipinski definition) is 3. The normalized spacial score (nSPS) is 11.8. The van der Waals surface area contributed by atoms with Crippen LogP contribution >= 0.6 is 0 Å². The van der Waals surface area contributed by atoms with Crippen LogP contribution in [0.5, 0.6) is 11.5 Å². The predicted octanol–water partition coefficient (Wildman–Crippen LogP) is 5.52. The van der Waals surface area contributed by atoms with Gasteiger partial charge in [-0.25, -0.2) is 0 Å². The van der Waals surface area contributed by atoms with E-state index in [0.717, 1.165) is 30.0 Å². The molecule has 3 heteroatoms. The van der Waals surface area contributed by atoms with E-state index in [1.807, 2.05) is 30.3 Å². The third kappa shape index (κ3) is 5.35. The third-order valence-corrected chi connectivity index (χ3v) is 4.63. The summed E-state index contributed by atoms with van der Waals surface area (Å²) in [6.45, 7) is 3.51. The summed E-state index contributed by atoms with van der Waals surface area (Å²) in [7, 11) is 1.68. The zero-order valence-corrected chi connectivity index (χ0v) is 16.0. The standard InChI is InChI=1S/C24H27NO2/c1-3-22(21-12-8-5-9-13-21)25-17-20-14-15-23(24(16-20)26-2)27-18-19-10-6-4-7-11-19/h4-16,22,25H,3,17-18H2,1-2H3. The van der Waals surface area contributed by atoms with Crippen LogP contribution in [-0.4, -0.2) is 7.11 Å². The van der Waals surface area contributed by atoms with Crippen molar-refractivity contribution in [2.24, 2.45) is 0 Å². The molecule has 1 unspecified atom stereocenters. The van der Waals surface area contributed by atoms with Gasteiger partial charge in [0.1, 0.15) is 6.61 Å². The summed E-state index contributed by atoms with van der Waals surface area (Å²) in [6.07, 6.45) is 1.04. The first-order valence-corrected chi connectivity index (χ1v) is 9.42. The molecule has 3 nitrogen and oxygen atoms in total. The van der Waals surface area contributed by atoms with Gasteiger partial charge >= 0.3 is 0 Å². The fourth-order valence-electron chi connectivity index (χ4n) is 3.10. The fourth-order valence-corrected chi connectivity index (χ4v) is 3.10. The predicted molar refractivity (Wildman–Crippen MR) is 110 cm³/mol. The van der Waals surface area contributed by atoms with Crippen LogP contribution in [0.25, 0.3) is 0 Å². The molecule has 3 aromatic carbocycles. The summed E-state index contributed by atoms with van der Waals surface area (Å²) in [4.78, 5) is 0. The third-order valence-electron chi connectivity index (χ3n) is 4.63. The Balaban J connectivity index is 1.63. The first-order valence-electron chi connectivity index (χ1n) is 9.42. The zero-order chi connectivity index (χ0) is 18.9. The number of nitrogens with one attached hydrogen (secondary N) is 1. The zero-order valence-electron chi connectivity index (χ0n) is 16.0. The van der Waals surface area contributed by atoms with Crippen molar-refractivity contribution < 1.29 is 9.47 Å². The largest absolute Gasteiger partial charge is 0.493 e. The van der Waals surface area contributed by atoms with Crippen LogP contribution in [0, 0.1) is 0 Å². The smallest absolute Gasteiger partial charge is 0.161 e. The van der Waals surface area contributed by atoms with Gasteiger partial charge in [0.25, 0.3) is 0 Å². The number of rotatable bonds is 9. The molecule has 0 saturated heterocycles. The number of methoxy groups -OCH3 is 1. The minimum Gasteiger partial charge on any atom is -0.493 e. The molecule has 0 saturated carbocycles. The van der Waals surface area contributed by atoms with Crippen LogP contribution in [0.1, 0.15) is 36.1 Å². The van der Waals surface area contributed by atoms with Gasteiger partial charge in [-0.15, -0.1) is 0 Å². The van der Waals surface area contributed by atoms with Gasteiger partial charge in [0.2, 0.25) is 0 Å². The van der Waals surface area contributed by atoms with Crippen LogP contribution in [0.4, 0.5) is 0 Å². The highest BCUT2D eigenvalue weighted by atomic mass is 16.5. The summed E-state index contributed by atoms with van der Waals surface area (Å²) in [5.41, 5.74) is 3.63. The highest BCUT2D eigenvalue weighted by Gasteiger charge is 2.10. The molecular formula is C24H27NO2. The molecule has 0 radical (unpaired) electrons. The van der Waals surface area contributed by atoms with Crippen LogP contribution in [0.2, 0.25) is 0 Å². The minimum atomic E-state index is 0.339. The van der Waals surface area contributed by atoms with Crippen LogP contribution in [0.15, 0.2) is 78.9 Å². The van der Waals surface area contributed by atoms with Gasteiger partial charge in [-0.3, -0.25) is 0 Å². The SMILES string of the molecule is CCC(NCc1ccc(OCc2ccccc2)c(OC)c1)c1ccccc1. The van der Waals surface area contributed by atoms with E-state index in [1.54, 1.807) is 7.11 Å². The monoisotopic (exact) mass is 361 g/mol. The van der Waals surface area contributed by atoms with Crippen molar-refractivity contribution in [2.45, 2.75) is 32.5 Å². The number of benzene rings is 3. The van der Waals surface area contributed by atoms with E-state index >= 15 is 0 Å². The first kappa shape index (κ1) is 19.0. The van der Waals surface area contributed by atoms with Crippen molar-refractivity contribution in [3.05, 3.63) is 95.6 Å². The molecule has 0 spiro atoms. The van der Waals surface area contributed by atoms with E-state index in [-0.39, 0.29) is 0 Å². The molecule has 27 heavy (non-hydrogen) atoms. The second-order valence-electron chi connectivity index (χ2n) is 6.51. The van der Waals surface area contributed by atoms with Crippen molar-refractivity contribution in [3.63, 3.8) is 0 Å². The molecule has 0 aliphatic carbocycles. The topological polar surface area (TPSA) is 30.5 Å². The van der Waals surface area contributed by atoms with Gasteiger partial charge < -0.3 is 14.8 Å². The molecular weight excluding hydrogens is 334 g/mol. The summed E-state index contributed by atoms with van der Waals surface area (Å²) in [5, 5.41) is 3.63. The average Bonchev–Trinajstić information content (AvgIpc) is 2.74. The minimum absolute atomic E-state index is 0.339.